The molecule has 122 valence electrons. The Kier molecular flexibility index (Phi) is 4.77. The van der Waals surface area contributed by atoms with Gasteiger partial charge in [0.15, 0.2) is 0 Å². The fraction of sp³-hybridized carbons (Fsp3) is 1.00. The molecule has 0 bridgehead atoms. The topological polar surface area (TPSA) is 46.5 Å². The summed E-state index contributed by atoms with van der Waals surface area (Å²) in [4.78, 5) is 0. The highest BCUT2D eigenvalue weighted by atomic mass is 32.2. The molecule has 0 rings (SSSR count). The molecule has 0 amide bonds. The lowest BCUT2D eigenvalue weighted by molar-refractivity contribution is -0.487. The summed E-state index contributed by atoms with van der Waals surface area (Å²) in [7, 11) is 0. The summed E-state index contributed by atoms with van der Waals surface area (Å²) in [5.74, 6) is -7.25. The van der Waals surface area contributed by atoms with Crippen molar-refractivity contribution in [3.05, 3.63) is 0 Å². The number of hydrogen-bond donors (Lipinski definition) is 1. The van der Waals surface area contributed by atoms with Crippen LogP contribution < -0.4 is 0 Å². The first-order chi connectivity index (χ1) is 8.40. The summed E-state index contributed by atoms with van der Waals surface area (Å²) in [6.07, 6.45) is -21.0. The van der Waals surface area contributed by atoms with E-state index < -0.39 is 40.7 Å². The van der Waals surface area contributed by atoms with E-state index in [0.717, 1.165) is 0 Å². The minimum Gasteiger partial charge on any atom is -0.301 e. The van der Waals surface area contributed by atoms with Crippen molar-refractivity contribution in [3.8, 4) is 0 Å². The summed E-state index contributed by atoms with van der Waals surface area (Å²) in [6.45, 7) is 0. The smallest absolute Gasteiger partial charge is 0.301 e. The van der Waals surface area contributed by atoms with Crippen molar-refractivity contribution in [1.82, 2.24) is 0 Å². The molecule has 0 heterocycles. The van der Waals surface area contributed by atoms with Crippen LogP contribution in [0.5, 0.6) is 0 Å². The Bertz CT molecular complexity index is 388. The Morgan fingerprint density at radius 1 is 0.750 bits per heavy atom. The molecule has 0 aliphatic heterocycles. The fourth-order valence-corrected chi connectivity index (χ4v) is 0.796. The van der Waals surface area contributed by atoms with Crippen molar-refractivity contribution in [2.75, 3.05) is 0 Å². The van der Waals surface area contributed by atoms with E-state index in [1.807, 2.05) is 0 Å². The van der Waals surface area contributed by atoms with Gasteiger partial charge in [-0.15, -0.1) is 0 Å². The van der Waals surface area contributed by atoms with Gasteiger partial charge in [0.25, 0.3) is 0 Å². The molecule has 3 nitrogen and oxygen atoms in total. The maximum absolute atomic E-state index is 12.4. The molecule has 0 spiro atoms. The monoisotopic (exact) mass is 350 g/mol. The number of hydrogen-bond acceptors (Lipinski definition) is 2. The zero-order valence-electron chi connectivity index (χ0n) is 8.33. The minimum atomic E-state index is -7.25. The standard InChI is InChI=1S/C5HF11O3S/c6-1(7,2(8,9)10)3(11,12)19-4(13,14)5(15,16)20(17)18/h(H,17,18). The van der Waals surface area contributed by atoms with E-state index in [1.165, 1.54) is 4.74 Å². The minimum absolute atomic E-state index is 1.50. The predicted molar refractivity (Wildman–Crippen MR) is 37.7 cm³/mol. The van der Waals surface area contributed by atoms with Crippen LogP contribution in [0.3, 0.4) is 0 Å². The molecule has 0 aliphatic rings. The second-order valence-corrected chi connectivity index (χ2v) is 3.98. The van der Waals surface area contributed by atoms with Crippen molar-refractivity contribution < 1.29 is 61.8 Å². The summed E-state index contributed by atoms with van der Waals surface area (Å²) in [5, 5.41) is -6.36. The summed E-state index contributed by atoms with van der Waals surface area (Å²) in [6, 6.07) is 0. The lowest BCUT2D eigenvalue weighted by Crippen LogP contribution is -2.59. The van der Waals surface area contributed by atoms with Crippen LogP contribution in [0.2, 0.25) is 0 Å². The molecule has 0 aromatic rings. The Balaban J connectivity index is 5.56. The van der Waals surface area contributed by atoms with Crippen LogP contribution in [0.4, 0.5) is 48.3 Å². The number of alkyl halides is 11. The van der Waals surface area contributed by atoms with Crippen molar-refractivity contribution >= 4 is 11.1 Å². The Morgan fingerprint density at radius 2 is 1.10 bits per heavy atom. The first-order valence-corrected chi connectivity index (χ1v) is 4.90. The average Bonchev–Trinajstić information content (AvgIpc) is 2.12. The maximum atomic E-state index is 12.4. The fourth-order valence-electron chi connectivity index (χ4n) is 0.551. The van der Waals surface area contributed by atoms with Gasteiger partial charge in [-0.2, -0.15) is 48.3 Å². The lowest BCUT2D eigenvalue weighted by atomic mass is 10.3. The van der Waals surface area contributed by atoms with Crippen LogP contribution in [0.1, 0.15) is 0 Å². The zero-order chi connectivity index (χ0) is 16.8. The molecule has 0 aromatic carbocycles. The van der Waals surface area contributed by atoms with Gasteiger partial charge >= 0.3 is 29.6 Å². The van der Waals surface area contributed by atoms with E-state index in [9.17, 15) is 52.5 Å². The van der Waals surface area contributed by atoms with Gasteiger partial charge in [0, 0.05) is 0 Å². The van der Waals surface area contributed by atoms with E-state index in [2.05, 4.69) is 0 Å². The quantitative estimate of drug-likeness (QED) is 0.612. The Hall–Kier alpha value is -0.700. The van der Waals surface area contributed by atoms with Crippen LogP contribution in [0.15, 0.2) is 0 Å². The molecule has 15 heteroatoms. The van der Waals surface area contributed by atoms with Crippen molar-refractivity contribution in [1.29, 1.82) is 0 Å². The first-order valence-electron chi connectivity index (χ1n) is 3.79. The third kappa shape index (κ3) is 3.13. The molecule has 0 saturated carbocycles. The van der Waals surface area contributed by atoms with Crippen LogP contribution >= 0.6 is 0 Å². The first kappa shape index (κ1) is 19.3. The molecule has 1 atom stereocenters. The second kappa shape index (κ2) is 4.94. The summed E-state index contributed by atoms with van der Waals surface area (Å²) < 4.78 is 152. The van der Waals surface area contributed by atoms with Crippen molar-refractivity contribution in [2.24, 2.45) is 0 Å². The van der Waals surface area contributed by atoms with E-state index in [0.29, 0.717) is 0 Å². The van der Waals surface area contributed by atoms with Crippen LogP contribution in [0.25, 0.3) is 0 Å². The molecule has 20 heavy (non-hydrogen) atoms. The number of ether oxygens (including phenoxy) is 1. The molecule has 0 aliphatic carbocycles. The zero-order valence-corrected chi connectivity index (χ0v) is 9.15. The van der Waals surface area contributed by atoms with Gasteiger partial charge in [0.1, 0.15) is 0 Å². The Morgan fingerprint density at radius 3 is 1.35 bits per heavy atom. The van der Waals surface area contributed by atoms with Crippen molar-refractivity contribution in [3.63, 3.8) is 0 Å². The predicted octanol–water partition coefficient (Wildman–Crippen LogP) is 3.20. The van der Waals surface area contributed by atoms with E-state index in [1.54, 1.807) is 0 Å². The largest absolute Gasteiger partial charge is 0.462 e. The highest BCUT2D eigenvalue weighted by Crippen LogP contribution is 2.51. The van der Waals surface area contributed by atoms with Gasteiger partial charge in [-0.25, -0.2) is 8.95 Å². The highest BCUT2D eigenvalue weighted by Gasteiger charge is 2.79. The van der Waals surface area contributed by atoms with Gasteiger partial charge < -0.3 is 4.55 Å². The number of rotatable bonds is 5. The third-order valence-electron chi connectivity index (χ3n) is 1.54. The molecule has 0 radical (unpaired) electrons. The maximum Gasteiger partial charge on any atom is 0.462 e. The van der Waals surface area contributed by atoms with Crippen molar-refractivity contribution in [2.45, 2.75) is 29.6 Å². The SMILES string of the molecule is O=S(O)C(F)(F)C(F)(F)OC(F)(F)C(F)(F)C(F)(F)F. The molecule has 1 N–H and O–H groups in total. The molecule has 0 saturated heterocycles. The van der Waals surface area contributed by atoms with Crippen LogP contribution in [-0.2, 0) is 15.8 Å². The van der Waals surface area contributed by atoms with Gasteiger partial charge in [-0.05, 0) is 0 Å². The third-order valence-corrected chi connectivity index (χ3v) is 2.21. The van der Waals surface area contributed by atoms with Crippen LogP contribution in [0, 0.1) is 0 Å². The summed E-state index contributed by atoms with van der Waals surface area (Å²) >= 11 is -4.90. The van der Waals surface area contributed by atoms with E-state index >= 15 is 0 Å². The van der Waals surface area contributed by atoms with E-state index in [-0.39, 0.29) is 0 Å². The Labute approximate surface area is 104 Å². The van der Waals surface area contributed by atoms with Gasteiger partial charge in [0.2, 0.25) is 11.1 Å². The number of halogens is 11. The molecule has 0 fully saturated rings. The molecule has 0 aromatic heterocycles. The average molecular weight is 350 g/mol. The lowest BCUT2D eigenvalue weighted by Gasteiger charge is -2.32. The normalized spacial score (nSPS) is 17.2. The summed E-state index contributed by atoms with van der Waals surface area (Å²) in [5.41, 5.74) is 0. The molecular weight excluding hydrogens is 349 g/mol. The van der Waals surface area contributed by atoms with Gasteiger partial charge in [0.05, 0.1) is 0 Å². The second-order valence-electron chi connectivity index (χ2n) is 2.97. The van der Waals surface area contributed by atoms with Crippen LogP contribution in [-0.4, -0.2) is 38.3 Å². The van der Waals surface area contributed by atoms with Gasteiger partial charge in [-0.1, -0.05) is 0 Å². The molecule has 1 unspecified atom stereocenters. The van der Waals surface area contributed by atoms with Gasteiger partial charge in [-0.3, -0.25) is 0 Å². The highest BCUT2D eigenvalue weighted by molar-refractivity contribution is 7.80. The molecular formula is C5HF11O3S. The van der Waals surface area contributed by atoms with E-state index in [4.69, 9.17) is 4.55 Å².